The van der Waals surface area contributed by atoms with Crippen molar-refractivity contribution >= 4 is 23.7 Å². The molecular weight excluding hydrogens is 350 g/mol. The Hall–Kier alpha value is -3.13. The minimum atomic E-state index is -0.491. The molecule has 2 saturated heterocycles. The number of carbonyl (C=O) groups is 2. The number of hydrogen-bond donors (Lipinski definition) is 1. The number of aliphatic hydroxyl groups is 1. The highest BCUT2D eigenvalue weighted by Crippen LogP contribution is 2.40. The minimum absolute atomic E-state index is 0.158. The van der Waals surface area contributed by atoms with Gasteiger partial charge in [-0.2, -0.15) is 0 Å². The number of nitrogens with zero attached hydrogens (tertiary/aromatic N) is 3. The fourth-order valence-corrected chi connectivity index (χ4v) is 3.93. The van der Waals surface area contributed by atoms with Crippen molar-refractivity contribution in [1.29, 1.82) is 0 Å². The molecule has 27 heavy (non-hydrogen) atoms. The number of cyclic esters (lactones) is 2. The summed E-state index contributed by atoms with van der Waals surface area (Å²) >= 11 is 0. The third-order valence-electron chi connectivity index (χ3n) is 5.28. The van der Waals surface area contributed by atoms with E-state index in [1.54, 1.807) is 17.2 Å². The van der Waals surface area contributed by atoms with E-state index in [-0.39, 0.29) is 18.7 Å². The van der Waals surface area contributed by atoms with Crippen molar-refractivity contribution in [2.75, 3.05) is 29.6 Å². The van der Waals surface area contributed by atoms with Crippen molar-refractivity contribution in [2.45, 2.75) is 18.6 Å². The molecule has 0 bridgehead atoms. The third kappa shape index (κ3) is 2.44. The summed E-state index contributed by atoms with van der Waals surface area (Å²) in [4.78, 5) is 31.2. The van der Waals surface area contributed by atoms with Crippen molar-refractivity contribution in [3.8, 4) is 11.1 Å². The Balaban J connectivity index is 1.43. The van der Waals surface area contributed by atoms with Gasteiger partial charge in [0.2, 0.25) is 0 Å². The number of ether oxygens (including phenoxy) is 2. The van der Waals surface area contributed by atoms with Crippen molar-refractivity contribution in [3.05, 3.63) is 42.1 Å². The van der Waals surface area contributed by atoms with E-state index in [0.717, 1.165) is 22.4 Å². The van der Waals surface area contributed by atoms with E-state index in [4.69, 9.17) is 9.47 Å². The molecule has 0 radical (unpaired) electrons. The molecule has 2 unspecified atom stereocenters. The van der Waals surface area contributed by atoms with Gasteiger partial charge in [0, 0.05) is 11.8 Å². The zero-order valence-electron chi connectivity index (χ0n) is 14.4. The Labute approximate surface area is 154 Å². The molecule has 0 aliphatic carbocycles. The molecule has 2 amide bonds. The van der Waals surface area contributed by atoms with E-state index in [0.29, 0.717) is 25.4 Å². The standard InChI is InChI=1S/C19H17N3O5/c23-10-16-15-8-13-7-11(1-3-14(13)22(15)19(25)27-16)12-2-4-17(20-9-12)21-5-6-26-18(21)24/h1-4,7,9,15-16,23H,5-6,8,10H2. The SMILES string of the molecule is O=C1OCCN1c1ccc(-c2ccc3c(c2)CC2C(CO)OC(=O)N32)cn1. The van der Waals surface area contributed by atoms with Crippen LogP contribution in [-0.4, -0.2) is 54.2 Å². The fraction of sp³-hybridized carbons (Fsp3) is 0.316. The van der Waals surface area contributed by atoms with Crippen LogP contribution in [0.3, 0.4) is 0 Å². The second-order valence-corrected chi connectivity index (χ2v) is 6.76. The second kappa shape index (κ2) is 5.95. The average Bonchev–Trinajstić information content (AvgIpc) is 3.36. The van der Waals surface area contributed by atoms with Crippen molar-refractivity contribution in [1.82, 2.24) is 4.98 Å². The topological polar surface area (TPSA) is 92.2 Å². The van der Waals surface area contributed by atoms with E-state index in [1.165, 1.54) is 4.90 Å². The number of fused-ring (bicyclic) bond motifs is 3. The van der Waals surface area contributed by atoms with E-state index in [2.05, 4.69) is 4.98 Å². The highest BCUT2D eigenvalue weighted by atomic mass is 16.6. The minimum Gasteiger partial charge on any atom is -0.447 e. The number of hydrogen-bond acceptors (Lipinski definition) is 6. The first-order chi connectivity index (χ1) is 13.2. The molecule has 3 aliphatic heterocycles. The van der Waals surface area contributed by atoms with Crippen LogP contribution < -0.4 is 9.80 Å². The number of amides is 2. The molecule has 0 spiro atoms. The summed E-state index contributed by atoms with van der Waals surface area (Å²) in [5, 5.41) is 9.43. The largest absolute Gasteiger partial charge is 0.447 e. The van der Waals surface area contributed by atoms with Crippen LogP contribution in [0.4, 0.5) is 21.1 Å². The molecule has 1 aromatic heterocycles. The normalized spacial score (nSPS) is 23.3. The van der Waals surface area contributed by atoms with Gasteiger partial charge in [-0.3, -0.25) is 9.80 Å². The van der Waals surface area contributed by atoms with Crippen LogP contribution in [0.25, 0.3) is 11.1 Å². The van der Waals surface area contributed by atoms with Crippen LogP contribution in [0.1, 0.15) is 5.56 Å². The van der Waals surface area contributed by atoms with Crippen molar-refractivity contribution in [2.24, 2.45) is 0 Å². The molecule has 1 N–H and O–H groups in total. The Morgan fingerprint density at radius 2 is 2.00 bits per heavy atom. The van der Waals surface area contributed by atoms with Gasteiger partial charge in [0.25, 0.3) is 0 Å². The van der Waals surface area contributed by atoms with Crippen LogP contribution in [0.2, 0.25) is 0 Å². The van der Waals surface area contributed by atoms with Gasteiger partial charge in [0.1, 0.15) is 18.5 Å². The Morgan fingerprint density at radius 3 is 2.70 bits per heavy atom. The molecule has 0 saturated carbocycles. The third-order valence-corrected chi connectivity index (χ3v) is 5.28. The van der Waals surface area contributed by atoms with Gasteiger partial charge < -0.3 is 14.6 Å². The number of aromatic nitrogens is 1. The lowest BCUT2D eigenvalue weighted by Crippen LogP contribution is -2.34. The highest BCUT2D eigenvalue weighted by Gasteiger charge is 2.47. The van der Waals surface area contributed by atoms with Gasteiger partial charge in [-0.15, -0.1) is 0 Å². The maximum absolute atomic E-state index is 12.1. The first-order valence-electron chi connectivity index (χ1n) is 8.80. The molecule has 138 valence electrons. The van der Waals surface area contributed by atoms with Crippen LogP contribution >= 0.6 is 0 Å². The van der Waals surface area contributed by atoms with Crippen LogP contribution in [-0.2, 0) is 15.9 Å². The molecule has 2 aromatic rings. The summed E-state index contributed by atoms with van der Waals surface area (Å²) in [6, 6.07) is 9.42. The number of rotatable bonds is 3. The summed E-state index contributed by atoms with van der Waals surface area (Å²) in [5.74, 6) is 0.566. The molecule has 2 fully saturated rings. The molecule has 5 rings (SSSR count). The van der Waals surface area contributed by atoms with Gasteiger partial charge >= 0.3 is 12.2 Å². The van der Waals surface area contributed by atoms with Gasteiger partial charge in [0.15, 0.2) is 0 Å². The van der Waals surface area contributed by atoms with E-state index in [1.807, 2.05) is 24.3 Å². The Bertz CT molecular complexity index is 929. The van der Waals surface area contributed by atoms with Crippen LogP contribution in [0.15, 0.2) is 36.5 Å². The van der Waals surface area contributed by atoms with Crippen molar-refractivity contribution in [3.63, 3.8) is 0 Å². The number of anilines is 2. The summed E-state index contributed by atoms with van der Waals surface area (Å²) in [6.07, 6.45) is 1.09. The number of pyridine rings is 1. The molecule has 3 aliphatic rings. The van der Waals surface area contributed by atoms with Gasteiger partial charge in [0.05, 0.1) is 24.9 Å². The molecular formula is C19H17N3O5. The first-order valence-corrected chi connectivity index (χ1v) is 8.80. The van der Waals surface area contributed by atoms with E-state index in [9.17, 15) is 14.7 Å². The Kier molecular flexibility index (Phi) is 3.54. The molecule has 8 heteroatoms. The van der Waals surface area contributed by atoms with Crippen LogP contribution in [0.5, 0.6) is 0 Å². The van der Waals surface area contributed by atoms with Gasteiger partial charge in [-0.25, -0.2) is 14.6 Å². The molecule has 8 nitrogen and oxygen atoms in total. The second-order valence-electron chi connectivity index (χ2n) is 6.76. The van der Waals surface area contributed by atoms with E-state index >= 15 is 0 Å². The first kappa shape index (κ1) is 16.1. The summed E-state index contributed by atoms with van der Waals surface area (Å²) < 4.78 is 10.1. The van der Waals surface area contributed by atoms with Crippen molar-refractivity contribution < 1.29 is 24.2 Å². The number of benzene rings is 1. The molecule has 2 atom stereocenters. The molecule has 1 aromatic carbocycles. The summed E-state index contributed by atoms with van der Waals surface area (Å²) in [5.41, 5.74) is 3.77. The van der Waals surface area contributed by atoms with Crippen LogP contribution in [0, 0.1) is 0 Å². The fourth-order valence-electron chi connectivity index (χ4n) is 3.93. The average molecular weight is 367 g/mol. The highest BCUT2D eigenvalue weighted by molar-refractivity contribution is 5.94. The summed E-state index contributed by atoms with van der Waals surface area (Å²) in [7, 11) is 0. The number of aliphatic hydroxyl groups excluding tert-OH is 1. The zero-order valence-corrected chi connectivity index (χ0v) is 14.4. The maximum atomic E-state index is 12.1. The smallest absolute Gasteiger partial charge is 0.415 e. The maximum Gasteiger partial charge on any atom is 0.415 e. The lowest BCUT2D eigenvalue weighted by Gasteiger charge is -2.14. The summed E-state index contributed by atoms with van der Waals surface area (Å²) in [6.45, 7) is 0.698. The Morgan fingerprint density at radius 1 is 1.15 bits per heavy atom. The molecule has 4 heterocycles. The van der Waals surface area contributed by atoms with Gasteiger partial charge in [-0.1, -0.05) is 6.07 Å². The predicted octanol–water partition coefficient (Wildman–Crippen LogP) is 1.95. The lowest BCUT2D eigenvalue weighted by molar-refractivity contribution is 0.0830. The van der Waals surface area contributed by atoms with E-state index < -0.39 is 12.2 Å². The monoisotopic (exact) mass is 367 g/mol. The number of carbonyl (C=O) groups excluding carboxylic acids is 2. The quantitative estimate of drug-likeness (QED) is 0.891. The van der Waals surface area contributed by atoms with Gasteiger partial charge in [-0.05, 0) is 41.8 Å². The zero-order chi connectivity index (χ0) is 18.5. The lowest BCUT2D eigenvalue weighted by atomic mass is 10.0. The predicted molar refractivity (Wildman–Crippen MR) is 95.7 cm³/mol.